The summed E-state index contributed by atoms with van der Waals surface area (Å²) in [7, 11) is 0. The number of amides is 2. The van der Waals surface area contributed by atoms with E-state index in [9.17, 15) is 40.3 Å². The lowest BCUT2D eigenvalue weighted by Gasteiger charge is -2.42. The van der Waals surface area contributed by atoms with Gasteiger partial charge in [-0.1, -0.05) is 12.1 Å². The molecule has 0 spiro atoms. The number of hydrogen-bond acceptors (Lipinski definition) is 3. The zero-order valence-electron chi connectivity index (χ0n) is 21.5. The molecular formula is C28H28F7NO3. The average Bonchev–Trinajstić information content (AvgIpc) is 3.39. The van der Waals surface area contributed by atoms with Crippen molar-refractivity contribution in [1.29, 1.82) is 0 Å². The molecule has 0 N–H and O–H groups in total. The molecule has 1 heterocycles. The second-order valence-electron chi connectivity index (χ2n) is 10.5. The number of carbonyl (C=O) groups is 2. The summed E-state index contributed by atoms with van der Waals surface area (Å²) >= 11 is 0. The molecule has 2 aromatic rings. The van der Waals surface area contributed by atoms with Gasteiger partial charge in [0.15, 0.2) is 0 Å². The van der Waals surface area contributed by atoms with Gasteiger partial charge in [-0.3, -0.25) is 14.5 Å². The van der Waals surface area contributed by atoms with Crippen LogP contribution in [0.2, 0.25) is 0 Å². The van der Waals surface area contributed by atoms with Gasteiger partial charge in [0.05, 0.1) is 28.9 Å². The van der Waals surface area contributed by atoms with Gasteiger partial charge >= 0.3 is 12.4 Å². The number of imide groups is 1. The van der Waals surface area contributed by atoms with E-state index in [1.165, 1.54) is 30.9 Å². The third-order valence-electron chi connectivity index (χ3n) is 8.03. The van der Waals surface area contributed by atoms with Gasteiger partial charge in [-0.05, 0) is 80.5 Å². The van der Waals surface area contributed by atoms with Crippen molar-refractivity contribution in [2.45, 2.75) is 82.5 Å². The standard InChI is InChI=1S/C28H28F7NO3/c1-15(18-12-19(27(30,31)32)14-20(13-18)28(33,34)35)39-23-9-8-22(25(23)17-4-6-21(29)7-5-17)26(3)11-10-24(38)36(26)16(2)37/h4-7,12-15,22-23,25H,8-11H2,1-3H3/t15-,22-,23+,25+,26-/m1/s1. The number of hydrogen-bond donors (Lipinski definition) is 0. The molecule has 1 aliphatic carbocycles. The normalized spacial score (nSPS) is 26.8. The zero-order chi connectivity index (χ0) is 28.9. The van der Waals surface area contributed by atoms with Crippen LogP contribution in [0.25, 0.3) is 0 Å². The number of rotatable bonds is 5. The summed E-state index contributed by atoms with van der Waals surface area (Å²) in [5.74, 6) is -2.06. The van der Waals surface area contributed by atoms with Crippen LogP contribution in [0.4, 0.5) is 30.7 Å². The molecule has 0 unspecified atom stereocenters. The first kappa shape index (κ1) is 29.0. The Labute approximate surface area is 221 Å². The van der Waals surface area contributed by atoms with Crippen LogP contribution in [-0.4, -0.2) is 28.4 Å². The van der Waals surface area contributed by atoms with Gasteiger partial charge in [0.25, 0.3) is 0 Å². The molecule has 4 rings (SSSR count). The number of nitrogens with zero attached hydrogens (tertiary/aromatic N) is 1. The fourth-order valence-corrected chi connectivity index (χ4v) is 6.25. The second kappa shape index (κ2) is 10.2. The molecule has 2 aromatic carbocycles. The van der Waals surface area contributed by atoms with E-state index in [1.54, 1.807) is 19.1 Å². The summed E-state index contributed by atoms with van der Waals surface area (Å²) in [5.41, 5.74) is -3.40. The molecule has 39 heavy (non-hydrogen) atoms. The number of ether oxygens (including phenoxy) is 1. The molecule has 2 aliphatic rings. The van der Waals surface area contributed by atoms with Crippen molar-refractivity contribution in [3.8, 4) is 0 Å². The van der Waals surface area contributed by atoms with Gasteiger partial charge in [0, 0.05) is 19.3 Å². The van der Waals surface area contributed by atoms with E-state index >= 15 is 0 Å². The lowest BCUT2D eigenvalue weighted by atomic mass is 9.73. The monoisotopic (exact) mass is 559 g/mol. The topological polar surface area (TPSA) is 46.6 Å². The molecule has 4 nitrogen and oxygen atoms in total. The summed E-state index contributed by atoms with van der Waals surface area (Å²) in [5, 5.41) is 0. The Morgan fingerprint density at radius 1 is 1.00 bits per heavy atom. The van der Waals surface area contributed by atoms with Crippen molar-refractivity contribution in [1.82, 2.24) is 4.90 Å². The number of carbonyl (C=O) groups excluding carboxylic acids is 2. The van der Waals surface area contributed by atoms with Crippen molar-refractivity contribution in [3.63, 3.8) is 0 Å². The minimum absolute atomic E-state index is 0.0669. The van der Waals surface area contributed by atoms with Crippen LogP contribution < -0.4 is 0 Å². The number of likely N-dealkylation sites (tertiary alicyclic amines) is 1. The molecule has 5 atom stereocenters. The van der Waals surface area contributed by atoms with Crippen LogP contribution in [0, 0.1) is 11.7 Å². The Balaban J connectivity index is 1.71. The van der Waals surface area contributed by atoms with Crippen molar-refractivity contribution >= 4 is 11.8 Å². The first-order valence-corrected chi connectivity index (χ1v) is 12.6. The fourth-order valence-electron chi connectivity index (χ4n) is 6.25. The molecule has 0 radical (unpaired) electrons. The lowest BCUT2D eigenvalue weighted by Crippen LogP contribution is -2.52. The van der Waals surface area contributed by atoms with Crippen molar-refractivity contribution < 1.29 is 45.1 Å². The van der Waals surface area contributed by atoms with Gasteiger partial charge in [-0.2, -0.15) is 26.3 Å². The second-order valence-corrected chi connectivity index (χ2v) is 10.5. The SMILES string of the molecule is CC(=O)N1C(=O)CC[C@]1(C)[C@@H]1CC[C@H](O[C@H](C)c2cc(C(F)(F)F)cc(C(F)(F)F)c2)[C@H]1c1ccc(F)cc1. The first-order chi connectivity index (χ1) is 18.0. The van der Waals surface area contributed by atoms with Crippen LogP contribution in [-0.2, 0) is 26.7 Å². The first-order valence-electron chi connectivity index (χ1n) is 12.6. The van der Waals surface area contributed by atoms with Crippen LogP contribution in [0.5, 0.6) is 0 Å². The summed E-state index contributed by atoms with van der Waals surface area (Å²) in [4.78, 5) is 26.3. The highest BCUT2D eigenvalue weighted by molar-refractivity contribution is 5.97. The Kier molecular flexibility index (Phi) is 7.61. The maximum atomic E-state index is 13.8. The van der Waals surface area contributed by atoms with E-state index < -0.39 is 58.9 Å². The molecule has 1 aliphatic heterocycles. The molecule has 1 saturated carbocycles. The number of benzene rings is 2. The Hall–Kier alpha value is -2.95. The van der Waals surface area contributed by atoms with Gasteiger partial charge in [-0.25, -0.2) is 4.39 Å². The average molecular weight is 560 g/mol. The molecule has 2 fully saturated rings. The summed E-state index contributed by atoms with van der Waals surface area (Å²) in [6.07, 6.45) is -10.4. The van der Waals surface area contributed by atoms with Crippen molar-refractivity contribution in [2.24, 2.45) is 5.92 Å². The Bertz CT molecular complexity index is 1210. The quantitative estimate of drug-likeness (QED) is 0.358. The summed E-state index contributed by atoms with van der Waals surface area (Å²) in [6.45, 7) is 4.48. The summed E-state index contributed by atoms with van der Waals surface area (Å²) in [6, 6.07) is 6.95. The largest absolute Gasteiger partial charge is 0.416 e. The van der Waals surface area contributed by atoms with Crippen LogP contribution >= 0.6 is 0 Å². The molecule has 0 bridgehead atoms. The maximum Gasteiger partial charge on any atom is 0.416 e. The Morgan fingerprint density at radius 3 is 2.08 bits per heavy atom. The minimum Gasteiger partial charge on any atom is -0.370 e. The molecular weight excluding hydrogens is 531 g/mol. The molecule has 11 heteroatoms. The zero-order valence-corrected chi connectivity index (χ0v) is 21.5. The maximum absolute atomic E-state index is 13.8. The van der Waals surface area contributed by atoms with Crippen molar-refractivity contribution in [2.75, 3.05) is 0 Å². The van der Waals surface area contributed by atoms with Crippen molar-refractivity contribution in [3.05, 3.63) is 70.5 Å². The van der Waals surface area contributed by atoms with E-state index in [2.05, 4.69) is 0 Å². The van der Waals surface area contributed by atoms with E-state index in [-0.39, 0.29) is 29.9 Å². The predicted octanol–water partition coefficient (Wildman–Crippen LogP) is 7.43. The van der Waals surface area contributed by atoms with Gasteiger partial charge < -0.3 is 4.74 Å². The number of alkyl halides is 6. The predicted molar refractivity (Wildman–Crippen MR) is 127 cm³/mol. The molecule has 212 valence electrons. The Morgan fingerprint density at radius 2 is 1.56 bits per heavy atom. The smallest absolute Gasteiger partial charge is 0.370 e. The van der Waals surface area contributed by atoms with Crippen LogP contribution in [0.3, 0.4) is 0 Å². The molecule has 0 aromatic heterocycles. The highest BCUT2D eigenvalue weighted by Gasteiger charge is 2.55. The fraction of sp³-hybridized carbons (Fsp3) is 0.500. The van der Waals surface area contributed by atoms with Gasteiger partial charge in [-0.15, -0.1) is 0 Å². The molecule has 1 saturated heterocycles. The van der Waals surface area contributed by atoms with Crippen LogP contribution in [0.1, 0.15) is 80.7 Å². The summed E-state index contributed by atoms with van der Waals surface area (Å²) < 4.78 is 100. The van der Waals surface area contributed by atoms with Crippen LogP contribution in [0.15, 0.2) is 42.5 Å². The third-order valence-corrected chi connectivity index (χ3v) is 8.03. The van der Waals surface area contributed by atoms with Gasteiger partial charge in [0.2, 0.25) is 11.8 Å². The highest BCUT2D eigenvalue weighted by Crippen LogP contribution is 2.53. The number of halogens is 7. The van der Waals surface area contributed by atoms with E-state index in [1.807, 2.05) is 0 Å². The third kappa shape index (κ3) is 5.69. The van der Waals surface area contributed by atoms with Gasteiger partial charge in [0.1, 0.15) is 5.82 Å². The highest BCUT2D eigenvalue weighted by atomic mass is 19.4. The lowest BCUT2D eigenvalue weighted by molar-refractivity contribution is -0.148. The molecule has 2 amide bonds. The minimum atomic E-state index is -5.00. The van der Waals surface area contributed by atoms with E-state index in [0.717, 1.165) is 0 Å². The van der Waals surface area contributed by atoms with E-state index in [4.69, 9.17) is 4.74 Å². The van der Waals surface area contributed by atoms with E-state index in [0.29, 0.717) is 37.0 Å².